The van der Waals surface area contributed by atoms with Crippen molar-refractivity contribution in [1.29, 1.82) is 0 Å². The summed E-state index contributed by atoms with van der Waals surface area (Å²) in [5, 5.41) is 0. The maximum Gasteiger partial charge on any atom is 0.339 e. The van der Waals surface area contributed by atoms with Crippen LogP contribution in [-0.2, 0) is 20.8 Å². The number of benzene rings is 2. The van der Waals surface area contributed by atoms with Crippen LogP contribution < -0.4 is 4.74 Å². The van der Waals surface area contributed by atoms with Gasteiger partial charge in [0.05, 0.1) is 24.9 Å². The first-order valence-corrected chi connectivity index (χ1v) is 11.0. The number of nitrogens with zero attached hydrogens (tertiary/aromatic N) is 1. The maximum absolute atomic E-state index is 12.6. The number of rotatable bonds is 8. The van der Waals surface area contributed by atoms with Crippen molar-refractivity contribution in [2.45, 2.75) is 44.4 Å². The molecule has 31 heavy (non-hydrogen) atoms. The van der Waals surface area contributed by atoms with Crippen LogP contribution in [0.5, 0.6) is 5.75 Å². The van der Waals surface area contributed by atoms with E-state index in [1.807, 2.05) is 24.3 Å². The number of ether oxygens (including phenoxy) is 3. The van der Waals surface area contributed by atoms with Crippen LogP contribution >= 0.6 is 0 Å². The summed E-state index contributed by atoms with van der Waals surface area (Å²) in [6.07, 6.45) is 4.57. The normalized spacial score (nSPS) is 18.5. The van der Waals surface area contributed by atoms with Crippen molar-refractivity contribution in [3.63, 3.8) is 0 Å². The van der Waals surface area contributed by atoms with E-state index >= 15 is 0 Å². The smallest absolute Gasteiger partial charge is 0.339 e. The van der Waals surface area contributed by atoms with Gasteiger partial charge in [0.15, 0.2) is 12.4 Å². The van der Waals surface area contributed by atoms with Crippen molar-refractivity contribution in [2.24, 2.45) is 0 Å². The number of hydrogen-bond donors (Lipinski definition) is 0. The molecule has 6 nitrogen and oxygen atoms in total. The molecule has 1 aliphatic carbocycles. The molecule has 1 aliphatic heterocycles. The Hall–Kier alpha value is -2.70. The van der Waals surface area contributed by atoms with Crippen LogP contribution in [0.25, 0.3) is 0 Å². The fraction of sp³-hybridized carbons (Fsp3) is 0.440. The van der Waals surface area contributed by atoms with Crippen LogP contribution in [0.3, 0.4) is 0 Å². The molecule has 2 aromatic rings. The average molecular weight is 424 g/mol. The Morgan fingerprint density at radius 1 is 1.03 bits per heavy atom. The van der Waals surface area contributed by atoms with E-state index in [2.05, 4.69) is 4.90 Å². The van der Waals surface area contributed by atoms with Crippen molar-refractivity contribution in [2.75, 3.05) is 26.3 Å². The summed E-state index contributed by atoms with van der Waals surface area (Å²) in [6, 6.07) is 14.6. The summed E-state index contributed by atoms with van der Waals surface area (Å²) in [6.45, 7) is 4.16. The van der Waals surface area contributed by atoms with Crippen LogP contribution in [0, 0.1) is 0 Å². The average Bonchev–Trinajstić information content (AvgIpc) is 3.32. The lowest BCUT2D eigenvalue weighted by molar-refractivity contribution is -0.115. The molecule has 0 bridgehead atoms. The highest BCUT2D eigenvalue weighted by atomic mass is 16.5. The molecule has 4 rings (SSSR count). The van der Waals surface area contributed by atoms with Crippen LogP contribution in [-0.4, -0.2) is 49.6 Å². The molecule has 2 aliphatic rings. The fourth-order valence-corrected chi connectivity index (χ4v) is 4.06. The minimum Gasteiger partial charge on any atom is -0.490 e. The molecular formula is C25H29NO5. The predicted octanol–water partition coefficient (Wildman–Crippen LogP) is 3.94. The zero-order valence-electron chi connectivity index (χ0n) is 17.7. The molecule has 0 aromatic heterocycles. The van der Waals surface area contributed by atoms with E-state index in [0.717, 1.165) is 57.0 Å². The van der Waals surface area contributed by atoms with Crippen molar-refractivity contribution < 1.29 is 23.8 Å². The highest BCUT2D eigenvalue weighted by Crippen LogP contribution is 2.26. The first-order valence-electron chi connectivity index (χ1n) is 11.0. The van der Waals surface area contributed by atoms with Gasteiger partial charge in [0.25, 0.3) is 0 Å². The van der Waals surface area contributed by atoms with Gasteiger partial charge in [-0.3, -0.25) is 9.69 Å². The van der Waals surface area contributed by atoms with E-state index in [0.29, 0.717) is 17.4 Å². The molecule has 2 aromatic carbocycles. The third-order valence-corrected chi connectivity index (χ3v) is 5.87. The number of morpholine rings is 1. The molecule has 0 radical (unpaired) electrons. The molecule has 2 fully saturated rings. The molecule has 1 heterocycles. The number of esters is 1. The van der Waals surface area contributed by atoms with Gasteiger partial charge < -0.3 is 14.2 Å². The highest BCUT2D eigenvalue weighted by molar-refractivity contribution is 5.90. The lowest BCUT2D eigenvalue weighted by Gasteiger charge is -2.26. The van der Waals surface area contributed by atoms with E-state index in [-0.39, 0.29) is 6.10 Å². The second-order valence-electron chi connectivity index (χ2n) is 8.14. The van der Waals surface area contributed by atoms with Crippen LogP contribution in [0.4, 0.5) is 0 Å². The summed E-state index contributed by atoms with van der Waals surface area (Å²) >= 11 is 0. The van der Waals surface area contributed by atoms with Crippen molar-refractivity contribution in [3.8, 4) is 5.75 Å². The van der Waals surface area contributed by atoms with Gasteiger partial charge in [-0.15, -0.1) is 0 Å². The van der Waals surface area contributed by atoms with E-state index in [9.17, 15) is 9.59 Å². The standard InChI is InChI=1S/C25H29NO5/c27-18-24(20-9-11-23(12-10-20)30-22-3-1-2-4-22)31-25(28)21-7-5-19(6-8-21)17-26-13-15-29-16-14-26/h5-12,18,22,24H,1-4,13-17H2. The molecule has 1 saturated carbocycles. The van der Waals surface area contributed by atoms with Crippen LogP contribution in [0.1, 0.15) is 53.3 Å². The third kappa shape index (κ3) is 5.93. The Balaban J connectivity index is 1.33. The monoisotopic (exact) mass is 423 g/mol. The first-order chi connectivity index (χ1) is 15.2. The van der Waals surface area contributed by atoms with Crippen LogP contribution in [0.15, 0.2) is 48.5 Å². The van der Waals surface area contributed by atoms with Gasteiger partial charge in [0.1, 0.15) is 5.75 Å². The third-order valence-electron chi connectivity index (χ3n) is 5.87. The second kappa shape index (κ2) is 10.6. The molecular weight excluding hydrogens is 394 g/mol. The number of aldehydes is 1. The van der Waals surface area contributed by atoms with Crippen molar-refractivity contribution >= 4 is 12.3 Å². The molecule has 0 N–H and O–H groups in total. The molecule has 164 valence electrons. The summed E-state index contributed by atoms with van der Waals surface area (Å²) in [7, 11) is 0. The van der Waals surface area contributed by atoms with Crippen LogP contribution in [0.2, 0.25) is 0 Å². The fourth-order valence-electron chi connectivity index (χ4n) is 4.06. The number of carbonyl (C=O) groups excluding carboxylic acids is 2. The Morgan fingerprint density at radius 2 is 1.71 bits per heavy atom. The van der Waals surface area contributed by atoms with Gasteiger partial charge >= 0.3 is 5.97 Å². The zero-order valence-corrected chi connectivity index (χ0v) is 17.7. The topological polar surface area (TPSA) is 65.1 Å². The van der Waals surface area contributed by atoms with Gasteiger partial charge in [-0.05, 0) is 61.1 Å². The van der Waals surface area contributed by atoms with Crippen molar-refractivity contribution in [3.05, 3.63) is 65.2 Å². The molecule has 0 spiro atoms. The lowest BCUT2D eigenvalue weighted by Crippen LogP contribution is -2.35. The van der Waals surface area contributed by atoms with Gasteiger partial charge in [0.2, 0.25) is 0 Å². The predicted molar refractivity (Wildman–Crippen MR) is 116 cm³/mol. The van der Waals surface area contributed by atoms with Gasteiger partial charge in [-0.2, -0.15) is 0 Å². The summed E-state index contributed by atoms with van der Waals surface area (Å²) in [4.78, 5) is 26.5. The van der Waals surface area contributed by atoms with Gasteiger partial charge in [0, 0.05) is 19.6 Å². The Labute approximate surface area is 183 Å². The molecule has 6 heteroatoms. The molecule has 1 saturated heterocycles. The minimum atomic E-state index is -0.943. The molecule has 1 atom stereocenters. The SMILES string of the molecule is O=CC(OC(=O)c1ccc(CN2CCOCC2)cc1)c1ccc(OC2CCCC2)cc1. The maximum atomic E-state index is 12.6. The Bertz CT molecular complexity index is 852. The number of carbonyl (C=O) groups is 2. The minimum absolute atomic E-state index is 0.275. The lowest BCUT2D eigenvalue weighted by atomic mass is 10.1. The first kappa shape index (κ1) is 21.5. The molecule has 1 unspecified atom stereocenters. The summed E-state index contributed by atoms with van der Waals surface area (Å²) in [5.74, 6) is 0.267. The second-order valence-corrected chi connectivity index (χ2v) is 8.14. The Morgan fingerprint density at radius 3 is 2.35 bits per heavy atom. The van der Waals surface area contributed by atoms with Gasteiger partial charge in [-0.1, -0.05) is 24.3 Å². The zero-order chi connectivity index (χ0) is 21.5. The van der Waals surface area contributed by atoms with E-state index in [4.69, 9.17) is 14.2 Å². The van der Waals surface area contributed by atoms with E-state index in [1.165, 1.54) is 12.8 Å². The van der Waals surface area contributed by atoms with Crippen molar-refractivity contribution in [1.82, 2.24) is 4.90 Å². The highest BCUT2D eigenvalue weighted by Gasteiger charge is 2.19. The quantitative estimate of drug-likeness (QED) is 0.473. The Kier molecular flexibility index (Phi) is 7.33. The summed E-state index contributed by atoms with van der Waals surface area (Å²) in [5.41, 5.74) is 2.19. The van der Waals surface area contributed by atoms with Gasteiger partial charge in [-0.25, -0.2) is 4.79 Å². The number of hydrogen-bond acceptors (Lipinski definition) is 6. The largest absolute Gasteiger partial charge is 0.490 e. The van der Waals surface area contributed by atoms with E-state index in [1.54, 1.807) is 24.3 Å². The summed E-state index contributed by atoms with van der Waals surface area (Å²) < 4.78 is 16.8. The molecule has 0 amide bonds. The van der Waals surface area contributed by atoms with E-state index < -0.39 is 12.1 Å².